The van der Waals surface area contributed by atoms with E-state index in [4.69, 9.17) is 5.73 Å². The Morgan fingerprint density at radius 3 is 2.26 bits per heavy atom. The van der Waals surface area contributed by atoms with Crippen LogP contribution in [0.2, 0.25) is 0 Å². The second-order valence-electron chi connectivity index (χ2n) is 5.73. The fraction of sp³-hybridized carbons (Fsp3) is 0.571. The summed E-state index contributed by atoms with van der Waals surface area (Å²) in [5.41, 5.74) is 6.05. The lowest BCUT2D eigenvalue weighted by Gasteiger charge is -2.16. The highest BCUT2D eigenvalue weighted by molar-refractivity contribution is 7.89. The van der Waals surface area contributed by atoms with Crippen LogP contribution >= 0.6 is 0 Å². The van der Waals surface area contributed by atoms with Gasteiger partial charge in [-0.25, -0.2) is 13.1 Å². The maximum Gasteiger partial charge on any atom is 0.242 e. The molecule has 19 heavy (non-hydrogen) atoms. The molecule has 0 bridgehead atoms. The van der Waals surface area contributed by atoms with Crippen LogP contribution in [0.3, 0.4) is 0 Å². The average molecular weight is 280 g/mol. The molecule has 3 rings (SSSR count). The summed E-state index contributed by atoms with van der Waals surface area (Å²) in [5.74, 6) is 2.01. The van der Waals surface area contributed by atoms with Crippen LogP contribution in [0, 0.1) is 17.8 Å². The van der Waals surface area contributed by atoms with Gasteiger partial charge in [0, 0.05) is 6.54 Å². The lowest BCUT2D eigenvalue weighted by molar-refractivity contribution is 0.401. The number of hydrogen-bond donors (Lipinski definition) is 2. The third-order valence-corrected chi connectivity index (χ3v) is 5.67. The van der Waals surface area contributed by atoms with E-state index < -0.39 is 10.0 Å². The van der Waals surface area contributed by atoms with Crippen LogP contribution in [0.25, 0.3) is 0 Å². The van der Waals surface area contributed by atoms with Crippen molar-refractivity contribution in [1.29, 1.82) is 0 Å². The number of nitrogens with one attached hydrogen (secondary N) is 1. The van der Waals surface area contributed by atoms with Crippen LogP contribution in [0.15, 0.2) is 29.2 Å². The van der Waals surface area contributed by atoms with Gasteiger partial charge in [0.05, 0.1) is 5.69 Å². The lowest BCUT2D eigenvalue weighted by Crippen LogP contribution is -2.31. The van der Waals surface area contributed by atoms with Crippen molar-refractivity contribution in [2.75, 3.05) is 12.3 Å². The summed E-state index contributed by atoms with van der Waals surface area (Å²) >= 11 is 0. The maximum absolute atomic E-state index is 12.3. The summed E-state index contributed by atoms with van der Waals surface area (Å²) in [7, 11) is -3.47. The van der Waals surface area contributed by atoms with Gasteiger partial charge >= 0.3 is 0 Å². The molecule has 0 atom stereocenters. The first-order valence-corrected chi connectivity index (χ1v) is 8.40. The maximum atomic E-state index is 12.3. The van der Waals surface area contributed by atoms with E-state index in [1.165, 1.54) is 25.7 Å². The Hall–Kier alpha value is -1.07. The molecule has 5 heteroatoms. The first-order valence-electron chi connectivity index (χ1n) is 6.92. The summed E-state index contributed by atoms with van der Waals surface area (Å²) in [5, 5.41) is 0. The lowest BCUT2D eigenvalue weighted by atomic mass is 9.99. The summed E-state index contributed by atoms with van der Waals surface area (Å²) in [6, 6.07) is 6.62. The van der Waals surface area contributed by atoms with Gasteiger partial charge in [-0.1, -0.05) is 12.1 Å². The van der Waals surface area contributed by atoms with Crippen molar-refractivity contribution in [1.82, 2.24) is 4.72 Å². The van der Waals surface area contributed by atoms with Crippen molar-refractivity contribution in [2.24, 2.45) is 17.8 Å². The van der Waals surface area contributed by atoms with Crippen molar-refractivity contribution in [2.45, 2.75) is 30.6 Å². The van der Waals surface area contributed by atoms with E-state index in [1.807, 2.05) is 0 Å². The highest BCUT2D eigenvalue weighted by atomic mass is 32.2. The zero-order valence-electron chi connectivity index (χ0n) is 10.9. The van der Waals surface area contributed by atoms with Gasteiger partial charge in [-0.05, 0) is 55.6 Å². The van der Waals surface area contributed by atoms with Crippen molar-refractivity contribution >= 4 is 15.7 Å². The quantitative estimate of drug-likeness (QED) is 0.783. The molecule has 0 heterocycles. The number of benzene rings is 1. The highest BCUT2D eigenvalue weighted by Gasteiger charge is 2.41. The Labute approximate surface area is 114 Å². The van der Waals surface area contributed by atoms with Crippen LogP contribution in [0.1, 0.15) is 25.7 Å². The van der Waals surface area contributed by atoms with Crippen LogP contribution < -0.4 is 10.5 Å². The molecule has 104 valence electrons. The standard InChI is InChI=1S/C14H20N2O2S/c15-13-3-1-2-4-14(13)19(17,18)16-9-12(10-5-6-10)11-7-8-11/h1-4,10-12,16H,5-9,15H2. The van der Waals surface area contributed by atoms with Crippen molar-refractivity contribution in [3.8, 4) is 0 Å². The monoisotopic (exact) mass is 280 g/mol. The molecule has 0 radical (unpaired) electrons. The Morgan fingerprint density at radius 1 is 1.16 bits per heavy atom. The van der Waals surface area contributed by atoms with Gasteiger partial charge in [-0.3, -0.25) is 0 Å². The summed E-state index contributed by atoms with van der Waals surface area (Å²) in [6.07, 6.45) is 5.04. The zero-order chi connectivity index (χ0) is 13.5. The van der Waals surface area contributed by atoms with E-state index in [-0.39, 0.29) is 4.90 Å². The molecule has 0 amide bonds. The molecule has 1 aromatic rings. The summed E-state index contributed by atoms with van der Waals surface area (Å²) in [4.78, 5) is 0.195. The van der Waals surface area contributed by atoms with Gasteiger partial charge in [-0.2, -0.15) is 0 Å². The molecule has 4 nitrogen and oxygen atoms in total. The number of sulfonamides is 1. The van der Waals surface area contributed by atoms with Crippen molar-refractivity contribution < 1.29 is 8.42 Å². The fourth-order valence-electron chi connectivity index (χ4n) is 2.78. The SMILES string of the molecule is Nc1ccccc1S(=O)(=O)NCC(C1CC1)C1CC1. The predicted molar refractivity (Wildman–Crippen MR) is 75.0 cm³/mol. The van der Waals surface area contributed by atoms with Gasteiger partial charge in [0.25, 0.3) is 0 Å². The second-order valence-corrected chi connectivity index (χ2v) is 7.46. The van der Waals surface area contributed by atoms with Crippen molar-refractivity contribution in [3.05, 3.63) is 24.3 Å². The molecule has 0 unspecified atom stereocenters. The van der Waals surface area contributed by atoms with E-state index in [2.05, 4.69) is 4.72 Å². The van der Waals surface area contributed by atoms with Crippen molar-refractivity contribution in [3.63, 3.8) is 0 Å². The molecular weight excluding hydrogens is 260 g/mol. The first kappa shape index (κ1) is 12.9. The fourth-order valence-corrected chi connectivity index (χ4v) is 3.98. The molecular formula is C14H20N2O2S. The number of anilines is 1. The second kappa shape index (κ2) is 4.80. The molecule has 2 aliphatic carbocycles. The van der Waals surface area contributed by atoms with Gasteiger partial charge in [0.15, 0.2) is 0 Å². The Kier molecular flexibility index (Phi) is 3.27. The average Bonchev–Trinajstić information content (AvgIpc) is 3.24. The normalized spacial score (nSPS) is 19.8. The number of nitrogens with two attached hydrogens (primary N) is 1. The van der Waals surface area contributed by atoms with E-state index in [0.29, 0.717) is 18.2 Å². The van der Waals surface area contributed by atoms with Gasteiger partial charge in [0.1, 0.15) is 4.90 Å². The minimum absolute atomic E-state index is 0.195. The molecule has 2 fully saturated rings. The van der Waals surface area contributed by atoms with Crippen LogP contribution in [0.5, 0.6) is 0 Å². The zero-order valence-corrected chi connectivity index (χ0v) is 11.7. The predicted octanol–water partition coefficient (Wildman–Crippen LogP) is 1.98. The third-order valence-electron chi connectivity index (χ3n) is 4.17. The van der Waals surface area contributed by atoms with Gasteiger partial charge in [-0.15, -0.1) is 0 Å². The molecule has 0 spiro atoms. The van der Waals surface area contributed by atoms with E-state index >= 15 is 0 Å². The smallest absolute Gasteiger partial charge is 0.242 e. The Bertz CT molecular complexity index is 551. The largest absolute Gasteiger partial charge is 0.398 e. The summed E-state index contributed by atoms with van der Waals surface area (Å²) < 4.78 is 27.3. The van der Waals surface area contributed by atoms with E-state index in [0.717, 1.165) is 11.8 Å². The van der Waals surface area contributed by atoms with Gasteiger partial charge in [0.2, 0.25) is 10.0 Å². The Morgan fingerprint density at radius 2 is 1.74 bits per heavy atom. The molecule has 1 aromatic carbocycles. The first-order chi connectivity index (χ1) is 9.08. The number of para-hydroxylation sites is 1. The topological polar surface area (TPSA) is 72.2 Å². The molecule has 2 aliphatic rings. The van der Waals surface area contributed by atoms with Gasteiger partial charge < -0.3 is 5.73 Å². The van der Waals surface area contributed by atoms with Crippen LogP contribution in [-0.2, 0) is 10.0 Å². The highest BCUT2D eigenvalue weighted by Crippen LogP contribution is 2.48. The molecule has 3 N–H and O–H groups in total. The number of hydrogen-bond acceptors (Lipinski definition) is 3. The minimum Gasteiger partial charge on any atom is -0.398 e. The number of nitrogen functional groups attached to an aromatic ring is 1. The van der Waals surface area contributed by atoms with E-state index in [1.54, 1.807) is 24.3 Å². The summed E-state index contributed by atoms with van der Waals surface area (Å²) in [6.45, 7) is 0.562. The van der Waals surface area contributed by atoms with Crippen LogP contribution in [-0.4, -0.2) is 15.0 Å². The third kappa shape index (κ3) is 2.92. The Balaban J connectivity index is 1.69. The molecule has 2 saturated carbocycles. The molecule has 0 aromatic heterocycles. The van der Waals surface area contributed by atoms with E-state index in [9.17, 15) is 8.42 Å². The molecule has 0 aliphatic heterocycles. The number of rotatable bonds is 6. The van der Waals surface area contributed by atoms with Crippen LogP contribution in [0.4, 0.5) is 5.69 Å². The minimum atomic E-state index is -3.47. The molecule has 0 saturated heterocycles.